The van der Waals surface area contributed by atoms with Crippen molar-refractivity contribution in [3.8, 4) is 5.75 Å². The third-order valence-electron chi connectivity index (χ3n) is 4.86. The maximum absolute atomic E-state index is 10.9. The quantitative estimate of drug-likeness (QED) is 0.276. The number of benzene rings is 1. The van der Waals surface area contributed by atoms with Crippen molar-refractivity contribution in [3.05, 3.63) is 23.8 Å². The van der Waals surface area contributed by atoms with E-state index in [0.717, 1.165) is 24.8 Å². The van der Waals surface area contributed by atoms with Gasteiger partial charge in [0.15, 0.2) is 0 Å². The van der Waals surface area contributed by atoms with Crippen molar-refractivity contribution >= 4 is 10.1 Å². The van der Waals surface area contributed by atoms with Crippen LogP contribution in [0.15, 0.2) is 23.1 Å². The van der Waals surface area contributed by atoms with Crippen LogP contribution in [0.4, 0.5) is 0 Å². The number of aromatic hydroxyl groups is 1. The van der Waals surface area contributed by atoms with Gasteiger partial charge in [0.2, 0.25) is 0 Å². The third-order valence-corrected chi connectivity index (χ3v) is 5.75. The molecule has 0 aliphatic carbocycles. The van der Waals surface area contributed by atoms with Gasteiger partial charge in [-0.15, -0.1) is 0 Å². The molecule has 1 N–H and O–H groups in total. The van der Waals surface area contributed by atoms with Crippen LogP contribution in [0.5, 0.6) is 5.75 Å². The van der Waals surface area contributed by atoms with Crippen LogP contribution in [0.1, 0.15) is 96.0 Å². The molecule has 0 heterocycles. The fraction of sp³-hybridized carbons (Fsp3) is 0.714. The van der Waals surface area contributed by atoms with Crippen LogP contribution in [0.3, 0.4) is 0 Å². The Kier molecular flexibility index (Phi) is 15.8. The first-order valence-corrected chi connectivity index (χ1v) is 11.6. The standard InChI is InChI=1S/C21H36O4S.Na/c1-2-3-4-5-6-7-8-9-10-11-12-13-14-15-19-16-17-21(20(22)18-19)26(23,24)25;/h16-18,22H,2-15H2,1H3,(H,23,24,25);/q;+1/p-1. The molecule has 0 aliphatic rings. The molecule has 1 aromatic carbocycles. The first kappa shape index (κ1) is 26.9. The van der Waals surface area contributed by atoms with Crippen molar-refractivity contribution in [2.24, 2.45) is 0 Å². The van der Waals surface area contributed by atoms with Gasteiger partial charge in [0, 0.05) is 0 Å². The average Bonchev–Trinajstić information content (AvgIpc) is 2.58. The summed E-state index contributed by atoms with van der Waals surface area (Å²) in [4.78, 5) is -0.536. The molecule has 0 atom stereocenters. The zero-order chi connectivity index (χ0) is 19.3. The van der Waals surface area contributed by atoms with Gasteiger partial charge < -0.3 is 9.66 Å². The van der Waals surface area contributed by atoms with E-state index in [4.69, 9.17) is 0 Å². The Balaban J connectivity index is 0.00000676. The Labute approximate surface area is 188 Å². The zero-order valence-corrected chi connectivity index (χ0v) is 20.0. The summed E-state index contributed by atoms with van der Waals surface area (Å²) in [7, 11) is -4.60. The van der Waals surface area contributed by atoms with E-state index in [-0.39, 0.29) is 29.6 Å². The Bertz CT molecular complexity index is 602. The van der Waals surface area contributed by atoms with Gasteiger partial charge in [-0.25, -0.2) is 8.42 Å². The van der Waals surface area contributed by atoms with E-state index in [2.05, 4.69) is 6.92 Å². The fourth-order valence-corrected chi connectivity index (χ4v) is 3.83. The minimum absolute atomic E-state index is 0. The molecule has 0 aliphatic heterocycles. The SMILES string of the molecule is CCCCCCCCCCCCCCCc1ccc(S(=O)(=O)[O-])c(O)c1.[Na+]. The summed E-state index contributed by atoms with van der Waals surface area (Å²) in [5.41, 5.74) is 0.873. The van der Waals surface area contributed by atoms with E-state index in [1.54, 1.807) is 6.07 Å². The number of phenols is 1. The van der Waals surface area contributed by atoms with Crippen LogP contribution < -0.4 is 29.6 Å². The van der Waals surface area contributed by atoms with Gasteiger partial charge in [-0.05, 0) is 30.5 Å². The predicted molar refractivity (Wildman–Crippen MR) is 105 cm³/mol. The largest absolute Gasteiger partial charge is 1.00 e. The van der Waals surface area contributed by atoms with Crippen molar-refractivity contribution in [2.75, 3.05) is 0 Å². The van der Waals surface area contributed by atoms with E-state index in [0.29, 0.717) is 0 Å². The monoisotopic (exact) mass is 406 g/mol. The van der Waals surface area contributed by atoms with Crippen LogP contribution in [-0.2, 0) is 16.5 Å². The summed E-state index contributed by atoms with van der Waals surface area (Å²) in [5, 5.41) is 9.65. The van der Waals surface area contributed by atoms with Crippen LogP contribution in [-0.4, -0.2) is 18.1 Å². The normalized spacial score (nSPS) is 11.3. The summed E-state index contributed by atoms with van der Waals surface area (Å²) in [5.74, 6) is -0.438. The van der Waals surface area contributed by atoms with Crippen LogP contribution in [0.25, 0.3) is 0 Å². The molecule has 0 spiro atoms. The minimum Gasteiger partial charge on any atom is -0.744 e. The molecular formula is C21H35NaO4S. The van der Waals surface area contributed by atoms with Crippen molar-refractivity contribution in [1.29, 1.82) is 0 Å². The van der Waals surface area contributed by atoms with E-state index < -0.39 is 20.8 Å². The second-order valence-corrected chi connectivity index (χ2v) is 8.60. The van der Waals surface area contributed by atoms with Crippen molar-refractivity contribution < 1.29 is 47.6 Å². The summed E-state index contributed by atoms with van der Waals surface area (Å²) in [6.07, 6.45) is 17.7. The second kappa shape index (κ2) is 15.8. The van der Waals surface area contributed by atoms with E-state index >= 15 is 0 Å². The van der Waals surface area contributed by atoms with E-state index in [9.17, 15) is 18.1 Å². The van der Waals surface area contributed by atoms with Gasteiger partial charge in [0.05, 0.1) is 4.90 Å². The number of hydrogen-bond donors (Lipinski definition) is 1. The minimum atomic E-state index is -4.60. The Morgan fingerprint density at radius 1 is 0.815 bits per heavy atom. The molecule has 27 heavy (non-hydrogen) atoms. The van der Waals surface area contributed by atoms with E-state index in [1.165, 1.54) is 82.8 Å². The van der Waals surface area contributed by atoms with Gasteiger partial charge >= 0.3 is 29.6 Å². The Morgan fingerprint density at radius 2 is 1.26 bits per heavy atom. The first-order valence-electron chi connectivity index (χ1n) is 10.2. The summed E-state index contributed by atoms with van der Waals surface area (Å²) >= 11 is 0. The maximum atomic E-state index is 10.9. The summed E-state index contributed by atoms with van der Waals surface area (Å²) in [6.45, 7) is 2.25. The molecule has 0 radical (unpaired) electrons. The number of phenolic OH excluding ortho intramolecular Hbond substituents is 1. The van der Waals surface area contributed by atoms with Crippen molar-refractivity contribution in [3.63, 3.8) is 0 Å². The number of rotatable bonds is 15. The van der Waals surface area contributed by atoms with Crippen LogP contribution in [0.2, 0.25) is 0 Å². The Morgan fingerprint density at radius 3 is 1.67 bits per heavy atom. The van der Waals surface area contributed by atoms with Crippen molar-refractivity contribution in [2.45, 2.75) is 102 Å². The third kappa shape index (κ3) is 12.9. The van der Waals surface area contributed by atoms with Crippen molar-refractivity contribution in [1.82, 2.24) is 0 Å². The molecule has 0 bridgehead atoms. The molecule has 0 saturated carbocycles. The zero-order valence-electron chi connectivity index (χ0n) is 17.2. The molecule has 1 rings (SSSR count). The molecule has 0 unspecified atom stereocenters. The topological polar surface area (TPSA) is 77.4 Å². The van der Waals surface area contributed by atoms with Crippen LogP contribution >= 0.6 is 0 Å². The molecule has 150 valence electrons. The fourth-order valence-electron chi connectivity index (χ4n) is 3.28. The molecule has 4 nitrogen and oxygen atoms in total. The van der Waals surface area contributed by atoms with Gasteiger partial charge in [-0.3, -0.25) is 0 Å². The van der Waals surface area contributed by atoms with Gasteiger partial charge in [0.25, 0.3) is 0 Å². The molecular weight excluding hydrogens is 371 g/mol. The number of hydrogen-bond acceptors (Lipinski definition) is 4. The average molecular weight is 407 g/mol. The Hall–Kier alpha value is -0.0700. The van der Waals surface area contributed by atoms with Crippen LogP contribution in [0, 0.1) is 0 Å². The molecule has 6 heteroatoms. The number of aryl methyl sites for hydroxylation is 1. The molecule has 0 aromatic heterocycles. The first-order chi connectivity index (χ1) is 12.4. The molecule has 0 fully saturated rings. The second-order valence-electron chi connectivity index (χ2n) is 7.25. The van der Waals surface area contributed by atoms with Gasteiger partial charge in [-0.2, -0.15) is 0 Å². The molecule has 0 saturated heterocycles. The maximum Gasteiger partial charge on any atom is 1.00 e. The number of unbranched alkanes of at least 4 members (excludes halogenated alkanes) is 12. The molecule has 0 amide bonds. The molecule has 1 aromatic rings. The smallest absolute Gasteiger partial charge is 0.744 e. The summed E-state index contributed by atoms with van der Waals surface area (Å²) in [6, 6.07) is 4.21. The van der Waals surface area contributed by atoms with E-state index in [1.807, 2.05) is 0 Å². The predicted octanol–water partition coefficient (Wildman–Crippen LogP) is 2.93. The summed E-state index contributed by atoms with van der Waals surface area (Å²) < 4.78 is 32.8. The van der Waals surface area contributed by atoms with Gasteiger partial charge in [-0.1, -0.05) is 90.0 Å². The van der Waals surface area contributed by atoms with Gasteiger partial charge in [0.1, 0.15) is 15.9 Å².